The van der Waals surface area contributed by atoms with Crippen LogP contribution in [0.3, 0.4) is 0 Å². The molecular weight excluding hydrogens is 366 g/mol. The van der Waals surface area contributed by atoms with Gasteiger partial charge >= 0.3 is 0 Å². The van der Waals surface area contributed by atoms with Crippen LogP contribution in [0.4, 0.5) is 5.69 Å². The summed E-state index contributed by atoms with van der Waals surface area (Å²) in [6.07, 6.45) is 0. The molecule has 0 saturated carbocycles. The first-order chi connectivity index (χ1) is 12.5. The fourth-order valence-corrected chi connectivity index (χ4v) is 3.59. The van der Waals surface area contributed by atoms with Crippen LogP contribution < -0.4 is 5.32 Å². The Labute approximate surface area is 161 Å². The monoisotopic (exact) mass is 381 g/mol. The number of carbonyl (C=O) groups excluding carboxylic acids is 1. The summed E-state index contributed by atoms with van der Waals surface area (Å²) < 4.78 is 0. The van der Waals surface area contributed by atoms with Gasteiger partial charge < -0.3 is 5.32 Å². The quantitative estimate of drug-likeness (QED) is 0.638. The van der Waals surface area contributed by atoms with Gasteiger partial charge in [0.05, 0.1) is 27.5 Å². The second-order valence-corrected chi connectivity index (χ2v) is 7.32. The maximum Gasteiger partial charge on any atom is 0.234 e. The van der Waals surface area contributed by atoms with Crippen LogP contribution in [0.25, 0.3) is 10.9 Å². The van der Waals surface area contributed by atoms with Crippen molar-refractivity contribution in [2.24, 2.45) is 0 Å². The molecule has 3 aromatic rings. The number of benzene rings is 2. The highest BCUT2D eigenvalue weighted by atomic mass is 35.5. The molecule has 0 aliphatic heterocycles. The highest BCUT2D eigenvalue weighted by Gasteiger charge is 2.10. The lowest BCUT2D eigenvalue weighted by atomic mass is 10.1. The number of para-hydroxylation sites is 1. The number of fused-ring (bicyclic) bond motifs is 1. The van der Waals surface area contributed by atoms with E-state index in [4.69, 9.17) is 16.9 Å². The first-order valence-corrected chi connectivity index (χ1v) is 9.33. The number of hydrogen-bond donors (Lipinski definition) is 1. The largest absolute Gasteiger partial charge is 0.324 e. The van der Waals surface area contributed by atoms with E-state index in [9.17, 15) is 4.79 Å². The van der Waals surface area contributed by atoms with Gasteiger partial charge in [-0.15, -0.1) is 0 Å². The van der Waals surface area contributed by atoms with Crippen LogP contribution in [0, 0.1) is 25.2 Å². The zero-order valence-corrected chi connectivity index (χ0v) is 15.9. The molecule has 4 nitrogen and oxygen atoms in total. The SMILES string of the molecule is Cc1cc(SCC(=O)Nc2cc(Cl)ccc2C#N)nc2c(C)cccc12. The minimum atomic E-state index is -0.210. The molecule has 1 amide bonds. The Bertz CT molecular complexity index is 1040. The van der Waals surface area contributed by atoms with Crippen molar-refractivity contribution in [3.63, 3.8) is 0 Å². The van der Waals surface area contributed by atoms with Crippen LogP contribution in [-0.2, 0) is 4.79 Å². The number of aryl methyl sites for hydroxylation is 2. The van der Waals surface area contributed by atoms with Crippen molar-refractivity contribution in [1.29, 1.82) is 5.26 Å². The van der Waals surface area contributed by atoms with Crippen LogP contribution in [-0.4, -0.2) is 16.6 Å². The van der Waals surface area contributed by atoms with Gasteiger partial charge in [0.15, 0.2) is 0 Å². The number of nitrogens with zero attached hydrogens (tertiary/aromatic N) is 2. The first-order valence-electron chi connectivity index (χ1n) is 7.97. The predicted molar refractivity (Wildman–Crippen MR) is 107 cm³/mol. The van der Waals surface area contributed by atoms with Gasteiger partial charge in [0, 0.05) is 10.4 Å². The average molecular weight is 382 g/mol. The van der Waals surface area contributed by atoms with Gasteiger partial charge in [0.2, 0.25) is 5.91 Å². The average Bonchev–Trinajstić information content (AvgIpc) is 2.61. The van der Waals surface area contributed by atoms with Gasteiger partial charge in [0.25, 0.3) is 0 Å². The minimum Gasteiger partial charge on any atom is -0.324 e. The lowest BCUT2D eigenvalue weighted by molar-refractivity contribution is -0.113. The molecule has 3 rings (SSSR count). The zero-order chi connectivity index (χ0) is 18.7. The third-order valence-electron chi connectivity index (χ3n) is 3.95. The van der Waals surface area contributed by atoms with E-state index in [1.165, 1.54) is 11.8 Å². The molecule has 0 saturated heterocycles. The molecule has 1 aromatic heterocycles. The first kappa shape index (κ1) is 18.2. The van der Waals surface area contributed by atoms with Crippen molar-refractivity contribution < 1.29 is 4.79 Å². The van der Waals surface area contributed by atoms with E-state index >= 15 is 0 Å². The fourth-order valence-electron chi connectivity index (χ4n) is 2.65. The molecule has 130 valence electrons. The van der Waals surface area contributed by atoms with Gasteiger partial charge in [-0.25, -0.2) is 4.98 Å². The van der Waals surface area contributed by atoms with Crippen molar-refractivity contribution in [3.05, 3.63) is 64.2 Å². The molecule has 1 N–H and O–H groups in total. The Morgan fingerprint density at radius 2 is 2.04 bits per heavy atom. The van der Waals surface area contributed by atoms with E-state index in [0.717, 1.165) is 27.1 Å². The number of nitriles is 1. The van der Waals surface area contributed by atoms with E-state index in [-0.39, 0.29) is 11.7 Å². The Balaban J connectivity index is 1.74. The summed E-state index contributed by atoms with van der Waals surface area (Å²) in [5.74, 6) is -0.0144. The van der Waals surface area contributed by atoms with Gasteiger partial charge in [0.1, 0.15) is 6.07 Å². The molecule has 0 fully saturated rings. The van der Waals surface area contributed by atoms with Crippen LogP contribution in [0.1, 0.15) is 16.7 Å². The highest BCUT2D eigenvalue weighted by molar-refractivity contribution is 7.99. The molecule has 0 radical (unpaired) electrons. The number of pyridine rings is 1. The van der Waals surface area contributed by atoms with Gasteiger partial charge in [-0.2, -0.15) is 5.26 Å². The maximum absolute atomic E-state index is 12.3. The van der Waals surface area contributed by atoms with E-state index in [0.29, 0.717) is 16.3 Å². The molecule has 6 heteroatoms. The third kappa shape index (κ3) is 3.98. The van der Waals surface area contributed by atoms with Crippen molar-refractivity contribution in [2.45, 2.75) is 18.9 Å². The summed E-state index contributed by atoms with van der Waals surface area (Å²) in [7, 11) is 0. The fraction of sp³-hybridized carbons (Fsp3) is 0.150. The van der Waals surface area contributed by atoms with Crippen molar-refractivity contribution in [2.75, 3.05) is 11.1 Å². The van der Waals surface area contributed by atoms with Crippen LogP contribution >= 0.6 is 23.4 Å². The van der Waals surface area contributed by atoms with Gasteiger partial charge in [-0.05, 0) is 49.2 Å². The van der Waals surface area contributed by atoms with Crippen molar-refractivity contribution in [3.8, 4) is 6.07 Å². The second kappa shape index (κ2) is 7.77. The number of rotatable bonds is 4. The molecule has 26 heavy (non-hydrogen) atoms. The van der Waals surface area contributed by atoms with E-state index in [1.54, 1.807) is 18.2 Å². The lowest BCUT2D eigenvalue weighted by Crippen LogP contribution is -2.15. The second-order valence-electron chi connectivity index (χ2n) is 5.89. The van der Waals surface area contributed by atoms with Crippen molar-refractivity contribution >= 4 is 45.9 Å². The molecule has 0 bridgehead atoms. The molecule has 0 atom stereocenters. The highest BCUT2D eigenvalue weighted by Crippen LogP contribution is 2.26. The third-order valence-corrected chi connectivity index (χ3v) is 5.10. The summed E-state index contributed by atoms with van der Waals surface area (Å²) in [5, 5.41) is 14.3. The molecule has 2 aromatic carbocycles. The number of carbonyl (C=O) groups is 1. The smallest absolute Gasteiger partial charge is 0.234 e. The summed E-state index contributed by atoms with van der Waals surface area (Å²) in [5.41, 5.74) is 3.99. The molecule has 0 aliphatic rings. The van der Waals surface area contributed by atoms with Crippen LogP contribution in [0.2, 0.25) is 5.02 Å². The normalized spacial score (nSPS) is 10.5. The zero-order valence-electron chi connectivity index (χ0n) is 14.3. The summed E-state index contributed by atoms with van der Waals surface area (Å²) in [6.45, 7) is 4.07. The number of aromatic nitrogens is 1. The number of anilines is 1. The van der Waals surface area contributed by atoms with Gasteiger partial charge in [-0.1, -0.05) is 41.6 Å². The number of hydrogen-bond acceptors (Lipinski definition) is 4. The lowest BCUT2D eigenvalue weighted by Gasteiger charge is -2.09. The minimum absolute atomic E-state index is 0.196. The molecule has 0 unspecified atom stereocenters. The van der Waals surface area contributed by atoms with E-state index < -0.39 is 0 Å². The van der Waals surface area contributed by atoms with E-state index in [1.807, 2.05) is 44.2 Å². The van der Waals surface area contributed by atoms with Gasteiger partial charge in [-0.3, -0.25) is 4.79 Å². The molecular formula is C20H16ClN3OS. The summed E-state index contributed by atoms with van der Waals surface area (Å²) >= 11 is 7.31. The number of nitrogens with one attached hydrogen (secondary N) is 1. The van der Waals surface area contributed by atoms with Crippen LogP contribution in [0.5, 0.6) is 0 Å². The standard InChI is InChI=1S/C20H16ClN3OS/c1-12-4-3-5-16-13(2)8-19(24-20(12)16)26-11-18(25)23-17-9-15(21)7-6-14(17)10-22/h3-9H,11H2,1-2H3,(H,23,25). The van der Waals surface area contributed by atoms with E-state index in [2.05, 4.69) is 10.3 Å². The Morgan fingerprint density at radius 1 is 1.23 bits per heavy atom. The maximum atomic E-state index is 12.3. The molecule has 0 aliphatic carbocycles. The molecule has 0 spiro atoms. The summed E-state index contributed by atoms with van der Waals surface area (Å²) in [6, 6.07) is 14.9. The number of halogens is 1. The topological polar surface area (TPSA) is 65.8 Å². The van der Waals surface area contributed by atoms with Crippen molar-refractivity contribution in [1.82, 2.24) is 4.98 Å². The van der Waals surface area contributed by atoms with Crippen LogP contribution in [0.15, 0.2) is 47.5 Å². The number of thioether (sulfide) groups is 1. The Morgan fingerprint density at radius 3 is 2.81 bits per heavy atom. The Hall–Kier alpha value is -2.55. The Kier molecular flexibility index (Phi) is 5.46. The number of amides is 1. The summed E-state index contributed by atoms with van der Waals surface area (Å²) in [4.78, 5) is 16.9. The predicted octanol–water partition coefficient (Wildman–Crippen LogP) is 5.11. The molecule has 1 heterocycles.